The minimum absolute atomic E-state index is 0.00615. The summed E-state index contributed by atoms with van der Waals surface area (Å²) in [5, 5.41) is 1.61. The number of hydroxylamine groups is 6. The Labute approximate surface area is 264 Å². The second kappa shape index (κ2) is 11.9. The molecule has 7 fully saturated rings. The molecule has 4 aliphatic carbocycles. The molecule has 46 heavy (non-hydrogen) atoms. The lowest BCUT2D eigenvalue weighted by Crippen LogP contribution is -2.57. The second-order valence-electron chi connectivity index (χ2n) is 14.1. The predicted molar refractivity (Wildman–Crippen MR) is 148 cm³/mol. The van der Waals surface area contributed by atoms with Gasteiger partial charge in [0, 0.05) is 57.8 Å². The Kier molecular flexibility index (Phi) is 8.21. The lowest BCUT2D eigenvalue weighted by atomic mass is 9.37. The van der Waals surface area contributed by atoms with E-state index >= 15 is 0 Å². The van der Waals surface area contributed by atoms with Crippen LogP contribution in [0.4, 0.5) is 0 Å². The van der Waals surface area contributed by atoms with Gasteiger partial charge in [0.05, 0.1) is 0 Å². The van der Waals surface area contributed by atoms with Gasteiger partial charge < -0.3 is 14.5 Å². The molecule has 15 nitrogen and oxygen atoms in total. The monoisotopic (exact) mass is 643 g/mol. The number of nitrogens with zero attached hydrogens (tertiary/aromatic N) is 3. The molecule has 0 atom stereocenters. The first-order chi connectivity index (χ1) is 21.8. The topological polar surface area (TPSA) is 191 Å². The average Bonchev–Trinajstić information content (AvgIpc) is 3.61. The van der Waals surface area contributed by atoms with Gasteiger partial charge in [-0.25, -0.2) is 14.4 Å². The third-order valence-electron chi connectivity index (χ3n) is 10.6. The minimum Gasteiger partial charge on any atom is -0.330 e. The fourth-order valence-electron chi connectivity index (χ4n) is 9.41. The van der Waals surface area contributed by atoms with Crippen LogP contribution in [0, 0.1) is 22.2 Å². The van der Waals surface area contributed by atoms with Crippen LogP contribution in [0.5, 0.6) is 0 Å². The summed E-state index contributed by atoms with van der Waals surface area (Å²) in [5.74, 6) is -5.15. The summed E-state index contributed by atoms with van der Waals surface area (Å²) in [6, 6.07) is 0. The molecule has 7 rings (SSSR count). The van der Waals surface area contributed by atoms with Crippen LogP contribution >= 0.6 is 0 Å². The molecule has 4 bridgehead atoms. The van der Waals surface area contributed by atoms with E-state index in [-0.39, 0.29) is 80.0 Å². The SMILES string of the molecule is O=C(CCC12CC3CC(CCC(=O)ON4C(=O)CCC4=O)(C1)CC(CCC(=O)ON1C(=O)CCC1=O)(C3)C2)ON1C(=O)CCC1=O. The Bertz CT molecular complexity index is 1200. The molecule has 0 radical (unpaired) electrons. The number of rotatable bonds is 12. The van der Waals surface area contributed by atoms with E-state index in [1.54, 1.807) is 0 Å². The molecule has 6 amide bonds. The molecular weight excluding hydrogens is 606 g/mol. The summed E-state index contributed by atoms with van der Waals surface area (Å²) in [7, 11) is 0. The van der Waals surface area contributed by atoms with Crippen LogP contribution in [0.25, 0.3) is 0 Å². The number of hydrogen-bond donors (Lipinski definition) is 0. The van der Waals surface area contributed by atoms with Gasteiger partial charge in [-0.05, 0) is 80.0 Å². The molecule has 3 heterocycles. The van der Waals surface area contributed by atoms with Crippen molar-refractivity contribution in [3.63, 3.8) is 0 Å². The molecule has 0 spiro atoms. The second-order valence-corrected chi connectivity index (χ2v) is 14.1. The van der Waals surface area contributed by atoms with E-state index in [0.29, 0.717) is 53.7 Å². The van der Waals surface area contributed by atoms with E-state index < -0.39 is 53.4 Å². The zero-order valence-corrected chi connectivity index (χ0v) is 25.5. The van der Waals surface area contributed by atoms with E-state index in [2.05, 4.69) is 0 Å². The third kappa shape index (κ3) is 6.27. The van der Waals surface area contributed by atoms with Crippen LogP contribution in [0.3, 0.4) is 0 Å². The molecule has 3 aliphatic heterocycles. The highest BCUT2D eigenvalue weighted by atomic mass is 16.7. The lowest BCUT2D eigenvalue weighted by molar-refractivity contribution is -0.204. The summed E-state index contributed by atoms with van der Waals surface area (Å²) in [6.45, 7) is 0. The molecule has 7 aliphatic rings. The van der Waals surface area contributed by atoms with Gasteiger partial charge in [0.15, 0.2) is 0 Å². The van der Waals surface area contributed by atoms with Crippen molar-refractivity contribution in [2.75, 3.05) is 0 Å². The first-order valence-electron chi connectivity index (χ1n) is 16.0. The highest BCUT2D eigenvalue weighted by molar-refractivity contribution is 6.02. The van der Waals surface area contributed by atoms with Crippen molar-refractivity contribution in [1.82, 2.24) is 15.2 Å². The molecule has 3 saturated heterocycles. The summed E-state index contributed by atoms with van der Waals surface area (Å²) < 4.78 is 0. The lowest BCUT2D eigenvalue weighted by Gasteiger charge is -2.67. The largest absolute Gasteiger partial charge is 0.333 e. The van der Waals surface area contributed by atoms with Crippen LogP contribution in [-0.4, -0.2) is 68.5 Å². The Morgan fingerprint density at radius 2 is 0.717 bits per heavy atom. The average molecular weight is 644 g/mol. The van der Waals surface area contributed by atoms with Gasteiger partial charge in [-0.1, -0.05) is 0 Å². The van der Waals surface area contributed by atoms with Crippen LogP contribution in [0.2, 0.25) is 0 Å². The molecule has 0 aromatic heterocycles. The highest BCUT2D eigenvalue weighted by Gasteiger charge is 2.62. The smallest absolute Gasteiger partial charge is 0.330 e. The fraction of sp³-hybridized carbons (Fsp3) is 0.710. The van der Waals surface area contributed by atoms with Gasteiger partial charge in [-0.3, -0.25) is 28.8 Å². The molecule has 15 heteroatoms. The first kappa shape index (κ1) is 31.8. The Hall–Kier alpha value is -4.17. The summed E-state index contributed by atoms with van der Waals surface area (Å²) in [4.78, 5) is 125. The zero-order valence-electron chi connectivity index (χ0n) is 25.5. The standard InChI is InChI=1S/C31H37N3O12/c35-20-1-2-21(36)32(20)44-26(41)7-10-29-13-19-14-30(16-29,11-8-27(42)45-33-22(37)3-4-23(33)38)18-31(15-19,17-29)12-9-28(43)46-34-24(39)5-6-25(34)40/h19H,1-18H2. The van der Waals surface area contributed by atoms with E-state index in [1.165, 1.54) is 0 Å². The summed E-state index contributed by atoms with van der Waals surface area (Å²) in [6.07, 6.45) is 5.71. The highest BCUT2D eigenvalue weighted by Crippen LogP contribution is 2.73. The number of hydrogen-bond acceptors (Lipinski definition) is 12. The maximum Gasteiger partial charge on any atom is 0.333 e. The molecular formula is C31H37N3O12. The van der Waals surface area contributed by atoms with Gasteiger partial charge in [-0.2, -0.15) is 0 Å². The molecule has 0 aromatic rings. The zero-order chi connectivity index (χ0) is 32.9. The van der Waals surface area contributed by atoms with E-state index in [1.807, 2.05) is 0 Å². The van der Waals surface area contributed by atoms with Crippen molar-refractivity contribution in [2.24, 2.45) is 22.2 Å². The van der Waals surface area contributed by atoms with Gasteiger partial charge in [0.1, 0.15) is 0 Å². The van der Waals surface area contributed by atoms with E-state index in [9.17, 15) is 43.2 Å². The quantitative estimate of drug-likeness (QED) is 0.282. The van der Waals surface area contributed by atoms with Gasteiger partial charge >= 0.3 is 17.9 Å². The number of carbonyl (C=O) groups is 9. The van der Waals surface area contributed by atoms with Crippen molar-refractivity contribution < 1.29 is 57.7 Å². The molecule has 0 aromatic carbocycles. The summed E-state index contributed by atoms with van der Waals surface area (Å²) in [5.41, 5.74) is -1.02. The predicted octanol–water partition coefficient (Wildman–Crippen LogP) is 2.11. The Morgan fingerprint density at radius 3 is 0.957 bits per heavy atom. The number of amides is 6. The molecule has 4 saturated carbocycles. The van der Waals surface area contributed by atoms with Gasteiger partial charge in [-0.15, -0.1) is 15.2 Å². The fourth-order valence-corrected chi connectivity index (χ4v) is 9.41. The van der Waals surface area contributed by atoms with Crippen molar-refractivity contribution in [3.05, 3.63) is 0 Å². The Morgan fingerprint density at radius 1 is 0.478 bits per heavy atom. The van der Waals surface area contributed by atoms with Crippen molar-refractivity contribution >= 4 is 53.4 Å². The third-order valence-corrected chi connectivity index (χ3v) is 10.6. The maximum absolute atomic E-state index is 12.8. The Balaban J connectivity index is 1.15. The van der Waals surface area contributed by atoms with Crippen molar-refractivity contribution in [1.29, 1.82) is 0 Å². The van der Waals surface area contributed by atoms with E-state index in [4.69, 9.17) is 14.5 Å². The maximum atomic E-state index is 12.8. The number of imide groups is 3. The van der Waals surface area contributed by atoms with Crippen molar-refractivity contribution in [3.8, 4) is 0 Å². The van der Waals surface area contributed by atoms with Crippen LogP contribution < -0.4 is 0 Å². The van der Waals surface area contributed by atoms with Crippen LogP contribution in [-0.2, 0) is 57.7 Å². The number of carbonyl (C=O) groups excluding carboxylic acids is 9. The molecule has 248 valence electrons. The van der Waals surface area contributed by atoms with Crippen LogP contribution in [0.15, 0.2) is 0 Å². The molecule has 0 unspecified atom stereocenters. The first-order valence-corrected chi connectivity index (χ1v) is 16.0. The van der Waals surface area contributed by atoms with Crippen molar-refractivity contribution in [2.45, 2.75) is 116 Å². The van der Waals surface area contributed by atoms with Gasteiger partial charge in [0.25, 0.3) is 35.4 Å². The van der Waals surface area contributed by atoms with Gasteiger partial charge in [0.2, 0.25) is 0 Å². The molecule has 0 N–H and O–H groups in total. The van der Waals surface area contributed by atoms with Crippen LogP contribution in [0.1, 0.15) is 116 Å². The van der Waals surface area contributed by atoms with E-state index in [0.717, 1.165) is 19.3 Å². The minimum atomic E-state index is -0.686. The summed E-state index contributed by atoms with van der Waals surface area (Å²) >= 11 is 0. The normalized spacial score (nSPS) is 31.8.